The summed E-state index contributed by atoms with van der Waals surface area (Å²) in [5.74, 6) is -2.98. The largest absolute Gasteiger partial charge is 0.508 e. The number of halogens is 4. The van der Waals surface area contributed by atoms with E-state index in [0.29, 0.717) is 5.69 Å². The molecule has 1 amide bonds. The summed E-state index contributed by atoms with van der Waals surface area (Å²) >= 11 is 1.01. The molecule has 0 spiro atoms. The van der Waals surface area contributed by atoms with Crippen LogP contribution in [0.5, 0.6) is 5.75 Å². The summed E-state index contributed by atoms with van der Waals surface area (Å²) in [6, 6.07) is 4.31. The molecule has 7 nitrogen and oxygen atoms in total. The van der Waals surface area contributed by atoms with Crippen molar-refractivity contribution in [3.8, 4) is 16.3 Å². The van der Waals surface area contributed by atoms with Gasteiger partial charge in [-0.15, -0.1) is 11.3 Å². The molecule has 0 radical (unpaired) electrons. The first-order chi connectivity index (χ1) is 15.6. The zero-order valence-electron chi connectivity index (χ0n) is 17.0. The highest BCUT2D eigenvalue weighted by Gasteiger charge is 2.44. The Morgan fingerprint density at radius 3 is 2.82 bits per heavy atom. The minimum Gasteiger partial charge on any atom is -0.508 e. The van der Waals surface area contributed by atoms with E-state index in [1.165, 1.54) is 40.9 Å². The van der Waals surface area contributed by atoms with Crippen LogP contribution in [-0.4, -0.2) is 46.3 Å². The molecular weight excluding hydrogens is 462 g/mol. The third-order valence-electron chi connectivity index (χ3n) is 5.25. The van der Waals surface area contributed by atoms with Gasteiger partial charge in [0.05, 0.1) is 23.5 Å². The number of carbonyl (C=O) groups excluding carboxylic acids is 1. The molecule has 3 heterocycles. The molecule has 1 aromatic carbocycles. The second-order valence-corrected chi connectivity index (χ2v) is 8.55. The fraction of sp³-hybridized carbons (Fsp3) is 0.286. The topological polar surface area (TPSA) is 104 Å². The van der Waals surface area contributed by atoms with Crippen molar-refractivity contribution in [1.29, 1.82) is 0 Å². The van der Waals surface area contributed by atoms with Gasteiger partial charge in [-0.25, -0.2) is 9.37 Å². The Labute approximate surface area is 189 Å². The van der Waals surface area contributed by atoms with Gasteiger partial charge in [0, 0.05) is 36.3 Å². The Morgan fingerprint density at radius 2 is 2.06 bits per heavy atom. The van der Waals surface area contributed by atoms with Crippen LogP contribution in [0.4, 0.5) is 28.9 Å². The van der Waals surface area contributed by atoms with E-state index in [1.54, 1.807) is 0 Å². The number of benzene rings is 1. The van der Waals surface area contributed by atoms with Crippen LogP contribution in [0.3, 0.4) is 0 Å². The maximum Gasteiger partial charge on any atom is 0.393 e. The Morgan fingerprint density at radius 1 is 1.27 bits per heavy atom. The van der Waals surface area contributed by atoms with Crippen molar-refractivity contribution in [3.05, 3.63) is 53.6 Å². The molecule has 33 heavy (non-hydrogen) atoms. The normalized spacial score (nSPS) is 18.9. The summed E-state index contributed by atoms with van der Waals surface area (Å²) in [5, 5.41) is 13.8. The van der Waals surface area contributed by atoms with Crippen molar-refractivity contribution < 1.29 is 27.5 Å². The second kappa shape index (κ2) is 8.94. The monoisotopic (exact) mass is 481 g/mol. The number of anilines is 2. The molecule has 4 N–H and O–H groups in total. The summed E-state index contributed by atoms with van der Waals surface area (Å²) in [6.07, 6.45) is -1.80. The number of alkyl halides is 3. The van der Waals surface area contributed by atoms with Crippen molar-refractivity contribution in [3.63, 3.8) is 0 Å². The molecule has 1 saturated heterocycles. The number of phenols is 1. The molecule has 0 unspecified atom stereocenters. The number of rotatable bonds is 4. The van der Waals surface area contributed by atoms with Crippen molar-refractivity contribution in [2.75, 3.05) is 23.3 Å². The quantitative estimate of drug-likeness (QED) is 0.487. The van der Waals surface area contributed by atoms with E-state index in [4.69, 9.17) is 5.73 Å². The van der Waals surface area contributed by atoms with E-state index in [0.717, 1.165) is 17.4 Å². The molecule has 1 aliphatic rings. The lowest BCUT2D eigenvalue weighted by atomic mass is 9.93. The molecule has 2 atom stereocenters. The van der Waals surface area contributed by atoms with Crippen LogP contribution in [-0.2, 0) is 0 Å². The van der Waals surface area contributed by atoms with Gasteiger partial charge in [-0.05, 0) is 30.7 Å². The first-order valence-corrected chi connectivity index (χ1v) is 10.8. The molecule has 0 aliphatic carbocycles. The summed E-state index contributed by atoms with van der Waals surface area (Å²) in [6.45, 7) is -0.0984. The third kappa shape index (κ3) is 5.06. The van der Waals surface area contributed by atoms with Gasteiger partial charge >= 0.3 is 6.18 Å². The van der Waals surface area contributed by atoms with Crippen molar-refractivity contribution >= 4 is 28.6 Å². The lowest BCUT2D eigenvalue weighted by Crippen LogP contribution is -2.51. The van der Waals surface area contributed by atoms with Crippen LogP contribution in [0.2, 0.25) is 0 Å². The molecule has 4 rings (SSSR count). The third-order valence-corrected chi connectivity index (χ3v) is 6.13. The Hall–Kier alpha value is -3.25. The average molecular weight is 481 g/mol. The summed E-state index contributed by atoms with van der Waals surface area (Å²) < 4.78 is 54.0. The van der Waals surface area contributed by atoms with E-state index < -0.39 is 29.9 Å². The highest BCUT2D eigenvalue weighted by Crippen LogP contribution is 2.36. The van der Waals surface area contributed by atoms with Gasteiger partial charge in [0.15, 0.2) is 0 Å². The van der Waals surface area contributed by atoms with Crippen molar-refractivity contribution in [1.82, 2.24) is 9.97 Å². The summed E-state index contributed by atoms with van der Waals surface area (Å²) in [5.41, 5.74) is 6.46. The number of amides is 1. The second-order valence-electron chi connectivity index (χ2n) is 7.69. The molecular formula is C21H19F4N5O2S. The number of nitrogens with two attached hydrogens (primary N) is 1. The number of thiazole rings is 1. The maximum absolute atomic E-state index is 14.1. The molecule has 0 bridgehead atoms. The lowest BCUT2D eigenvalue weighted by molar-refractivity contribution is -0.177. The van der Waals surface area contributed by atoms with E-state index in [2.05, 4.69) is 15.3 Å². The standard InChI is InChI=1S/C21H19F4N5O2S/c22-15-2-1-13(31)6-14(15)20-29-17(10-33-20)19(32)28-16-7-27-4-3-18(16)30-8-11(21(23,24)25)5-12(26)9-30/h1-4,6-7,10-12,31H,5,8-9,26H2,(H,28,32)/t11-,12+/m1/s1. The SMILES string of the molecule is N[C@H]1C[C@@H](C(F)(F)F)CN(c2ccncc2NC(=O)c2csc(-c3cc(O)ccc3F)n2)C1. The highest BCUT2D eigenvalue weighted by molar-refractivity contribution is 7.13. The van der Waals surface area contributed by atoms with Crippen LogP contribution in [0.15, 0.2) is 42.0 Å². The Kier molecular flexibility index (Phi) is 6.21. The average Bonchev–Trinajstić information content (AvgIpc) is 3.25. The first kappa shape index (κ1) is 22.9. The number of nitrogens with zero attached hydrogens (tertiary/aromatic N) is 3. The first-order valence-electron chi connectivity index (χ1n) is 9.89. The number of hydrogen-bond acceptors (Lipinski definition) is 7. The minimum absolute atomic E-state index is 0.0175. The van der Waals surface area contributed by atoms with E-state index in [-0.39, 0.29) is 47.2 Å². The number of aromatic hydroxyl groups is 1. The maximum atomic E-state index is 14.1. The fourth-order valence-corrected chi connectivity index (χ4v) is 4.51. The Bertz CT molecular complexity index is 1170. The molecule has 174 valence electrons. The number of pyridine rings is 1. The van der Waals surface area contributed by atoms with Crippen molar-refractivity contribution in [2.24, 2.45) is 11.7 Å². The summed E-state index contributed by atoms with van der Waals surface area (Å²) in [7, 11) is 0. The number of phenolic OH excluding ortho intramolecular Hbond substituents is 1. The number of carbonyl (C=O) groups is 1. The van der Waals surface area contributed by atoms with Gasteiger partial charge in [0.2, 0.25) is 0 Å². The van der Waals surface area contributed by atoms with E-state index in [1.807, 2.05) is 0 Å². The minimum atomic E-state index is -4.38. The van der Waals surface area contributed by atoms with Gasteiger partial charge in [0.1, 0.15) is 22.3 Å². The highest BCUT2D eigenvalue weighted by atomic mass is 32.1. The molecule has 3 aromatic rings. The zero-order valence-corrected chi connectivity index (χ0v) is 17.8. The Balaban J connectivity index is 1.56. The molecule has 1 fully saturated rings. The predicted octanol–water partition coefficient (Wildman–Crippen LogP) is 4.02. The molecule has 2 aromatic heterocycles. The van der Waals surface area contributed by atoms with Gasteiger partial charge in [0.25, 0.3) is 5.91 Å². The van der Waals surface area contributed by atoms with Crippen LogP contribution in [0.25, 0.3) is 10.6 Å². The van der Waals surface area contributed by atoms with Crippen LogP contribution >= 0.6 is 11.3 Å². The van der Waals surface area contributed by atoms with Gasteiger partial charge in [-0.1, -0.05) is 0 Å². The van der Waals surface area contributed by atoms with Gasteiger partial charge in [-0.3, -0.25) is 9.78 Å². The van der Waals surface area contributed by atoms with Crippen LogP contribution < -0.4 is 16.0 Å². The smallest absolute Gasteiger partial charge is 0.393 e. The van der Waals surface area contributed by atoms with Gasteiger partial charge in [-0.2, -0.15) is 13.2 Å². The lowest BCUT2D eigenvalue weighted by Gasteiger charge is -2.39. The summed E-state index contributed by atoms with van der Waals surface area (Å²) in [4.78, 5) is 22.3. The molecule has 1 aliphatic heterocycles. The zero-order chi connectivity index (χ0) is 23.8. The molecule has 12 heteroatoms. The number of aromatic nitrogens is 2. The molecule has 0 saturated carbocycles. The number of piperidine rings is 1. The van der Waals surface area contributed by atoms with E-state index in [9.17, 15) is 27.5 Å². The van der Waals surface area contributed by atoms with Crippen molar-refractivity contribution in [2.45, 2.75) is 18.6 Å². The number of hydrogen-bond donors (Lipinski definition) is 3. The van der Waals surface area contributed by atoms with E-state index >= 15 is 0 Å². The van der Waals surface area contributed by atoms with Gasteiger partial charge < -0.3 is 21.1 Å². The van der Waals surface area contributed by atoms with Crippen LogP contribution in [0, 0.1) is 11.7 Å². The predicted molar refractivity (Wildman–Crippen MR) is 116 cm³/mol. The fourth-order valence-electron chi connectivity index (χ4n) is 3.70. The van der Waals surface area contributed by atoms with Crippen LogP contribution in [0.1, 0.15) is 16.9 Å². The number of nitrogens with one attached hydrogen (secondary N) is 1.